The molecular weight excluding hydrogens is 439 g/mol. The molecule has 26 heavy (non-hydrogen) atoms. The first-order valence-electron chi connectivity index (χ1n) is 8.83. The smallest absolute Gasteiger partial charge is 0.213 e. The molecule has 1 aromatic carbocycles. The van der Waals surface area contributed by atoms with Gasteiger partial charge in [-0.15, -0.1) is 24.0 Å². The molecule has 0 saturated heterocycles. The molecule has 1 fully saturated rings. The van der Waals surface area contributed by atoms with Crippen LogP contribution in [0, 0.1) is 0 Å². The Labute approximate surface area is 172 Å². The standard InChI is InChI=1S/C20H26N4O.HI/c1-3-25-18-13-16(9-12-22-18)14-23-19(21-2)24-15-20(10-11-20)17-7-5-4-6-8-17;/h4-9,12-13H,3,10-11,14-15H2,1-2H3,(H2,21,23,24);1H. The van der Waals surface area contributed by atoms with Crippen molar-refractivity contribution in [3.05, 3.63) is 59.8 Å². The number of benzene rings is 1. The van der Waals surface area contributed by atoms with Crippen LogP contribution >= 0.6 is 24.0 Å². The summed E-state index contributed by atoms with van der Waals surface area (Å²) < 4.78 is 5.44. The van der Waals surface area contributed by atoms with Crippen molar-refractivity contribution in [2.75, 3.05) is 20.2 Å². The van der Waals surface area contributed by atoms with E-state index in [1.165, 1.54) is 18.4 Å². The van der Waals surface area contributed by atoms with Crippen LogP contribution in [0.15, 0.2) is 53.7 Å². The van der Waals surface area contributed by atoms with Gasteiger partial charge in [-0.2, -0.15) is 0 Å². The molecule has 1 saturated carbocycles. The zero-order chi connectivity index (χ0) is 17.5. The highest BCUT2D eigenvalue weighted by molar-refractivity contribution is 14.0. The second kappa shape index (κ2) is 9.75. The number of rotatable bonds is 7. The zero-order valence-corrected chi connectivity index (χ0v) is 17.7. The van der Waals surface area contributed by atoms with Crippen molar-refractivity contribution in [1.82, 2.24) is 15.6 Å². The predicted molar refractivity (Wildman–Crippen MR) is 116 cm³/mol. The molecule has 3 rings (SSSR count). The third-order valence-corrected chi connectivity index (χ3v) is 4.61. The van der Waals surface area contributed by atoms with Crippen LogP contribution in [0.5, 0.6) is 5.88 Å². The summed E-state index contributed by atoms with van der Waals surface area (Å²) in [5, 5.41) is 6.84. The normalized spacial score (nSPS) is 14.9. The number of pyridine rings is 1. The minimum atomic E-state index is 0. The van der Waals surface area contributed by atoms with Crippen LogP contribution in [-0.2, 0) is 12.0 Å². The molecule has 5 nitrogen and oxygen atoms in total. The van der Waals surface area contributed by atoms with Crippen LogP contribution in [0.2, 0.25) is 0 Å². The second-order valence-corrected chi connectivity index (χ2v) is 6.36. The third kappa shape index (κ3) is 5.33. The molecule has 0 spiro atoms. The lowest BCUT2D eigenvalue weighted by Crippen LogP contribution is -2.40. The molecule has 0 atom stereocenters. The first-order valence-corrected chi connectivity index (χ1v) is 8.83. The van der Waals surface area contributed by atoms with Crippen LogP contribution in [0.3, 0.4) is 0 Å². The van der Waals surface area contributed by atoms with E-state index in [0.29, 0.717) is 19.0 Å². The Morgan fingerprint density at radius 3 is 2.62 bits per heavy atom. The Kier molecular flexibility index (Phi) is 7.68. The molecule has 0 bridgehead atoms. The largest absolute Gasteiger partial charge is 0.478 e. The molecule has 0 unspecified atom stereocenters. The molecular formula is C20H27IN4O. The van der Waals surface area contributed by atoms with E-state index in [9.17, 15) is 0 Å². The van der Waals surface area contributed by atoms with Gasteiger partial charge in [0.15, 0.2) is 5.96 Å². The summed E-state index contributed by atoms with van der Waals surface area (Å²) in [4.78, 5) is 8.52. The number of guanidine groups is 1. The quantitative estimate of drug-likeness (QED) is 0.373. The summed E-state index contributed by atoms with van der Waals surface area (Å²) in [7, 11) is 1.80. The van der Waals surface area contributed by atoms with E-state index in [0.717, 1.165) is 18.1 Å². The van der Waals surface area contributed by atoms with Gasteiger partial charge in [-0.05, 0) is 37.0 Å². The lowest BCUT2D eigenvalue weighted by Gasteiger charge is -2.19. The van der Waals surface area contributed by atoms with Crippen LogP contribution in [-0.4, -0.2) is 31.1 Å². The van der Waals surface area contributed by atoms with Crippen LogP contribution in [0.25, 0.3) is 0 Å². The number of hydrogen-bond acceptors (Lipinski definition) is 3. The molecule has 140 valence electrons. The van der Waals surface area contributed by atoms with Crippen molar-refractivity contribution in [3.63, 3.8) is 0 Å². The maximum absolute atomic E-state index is 5.44. The van der Waals surface area contributed by atoms with Crippen molar-refractivity contribution >= 4 is 29.9 Å². The molecule has 2 N–H and O–H groups in total. The highest BCUT2D eigenvalue weighted by Gasteiger charge is 2.43. The Morgan fingerprint density at radius 2 is 1.96 bits per heavy atom. The van der Waals surface area contributed by atoms with Gasteiger partial charge >= 0.3 is 0 Å². The lowest BCUT2D eigenvalue weighted by molar-refractivity contribution is 0.326. The fourth-order valence-corrected chi connectivity index (χ4v) is 2.96. The number of aromatic nitrogens is 1. The molecule has 0 aliphatic heterocycles. The SMILES string of the molecule is CCOc1cc(CNC(=NC)NCC2(c3ccccc3)CC2)ccn1.I. The van der Waals surface area contributed by atoms with Crippen molar-refractivity contribution in [3.8, 4) is 5.88 Å². The molecule has 1 aromatic heterocycles. The summed E-state index contributed by atoms with van der Waals surface area (Å²) in [5.41, 5.74) is 2.79. The minimum absolute atomic E-state index is 0. The lowest BCUT2D eigenvalue weighted by atomic mass is 9.96. The van der Waals surface area contributed by atoms with Gasteiger partial charge in [0.1, 0.15) is 0 Å². The first kappa shape index (κ1) is 20.5. The maximum atomic E-state index is 5.44. The van der Waals surface area contributed by atoms with Gasteiger partial charge in [-0.1, -0.05) is 30.3 Å². The van der Waals surface area contributed by atoms with Gasteiger partial charge in [0, 0.05) is 37.8 Å². The number of halogens is 1. The monoisotopic (exact) mass is 466 g/mol. The van der Waals surface area contributed by atoms with Gasteiger partial charge in [0.25, 0.3) is 0 Å². The van der Waals surface area contributed by atoms with Gasteiger partial charge in [0.05, 0.1) is 6.61 Å². The third-order valence-electron chi connectivity index (χ3n) is 4.61. The van der Waals surface area contributed by atoms with Crippen molar-refractivity contribution in [2.45, 2.75) is 31.7 Å². The van der Waals surface area contributed by atoms with E-state index in [2.05, 4.69) is 50.9 Å². The Bertz CT molecular complexity index is 717. The van der Waals surface area contributed by atoms with E-state index in [4.69, 9.17) is 4.74 Å². The molecule has 6 heteroatoms. The maximum Gasteiger partial charge on any atom is 0.213 e. The fraction of sp³-hybridized carbons (Fsp3) is 0.400. The number of hydrogen-bond donors (Lipinski definition) is 2. The first-order chi connectivity index (χ1) is 12.3. The summed E-state index contributed by atoms with van der Waals surface area (Å²) in [5.74, 6) is 1.47. The highest BCUT2D eigenvalue weighted by Crippen LogP contribution is 2.47. The summed E-state index contributed by atoms with van der Waals surface area (Å²) in [6, 6.07) is 14.7. The average molecular weight is 466 g/mol. The molecule has 1 aliphatic rings. The van der Waals surface area contributed by atoms with Crippen molar-refractivity contribution < 1.29 is 4.74 Å². The Balaban J connectivity index is 0.00000243. The molecule has 1 aliphatic carbocycles. The van der Waals surface area contributed by atoms with Crippen LogP contribution in [0.4, 0.5) is 0 Å². The topological polar surface area (TPSA) is 58.5 Å². The summed E-state index contributed by atoms with van der Waals surface area (Å²) in [6.45, 7) is 4.16. The fourth-order valence-electron chi connectivity index (χ4n) is 2.96. The average Bonchev–Trinajstić information content (AvgIpc) is 3.44. The Hall–Kier alpha value is -1.83. The van der Waals surface area contributed by atoms with Crippen molar-refractivity contribution in [2.24, 2.45) is 4.99 Å². The minimum Gasteiger partial charge on any atom is -0.478 e. The zero-order valence-electron chi connectivity index (χ0n) is 15.4. The van der Waals surface area contributed by atoms with E-state index < -0.39 is 0 Å². The van der Waals surface area contributed by atoms with E-state index in [-0.39, 0.29) is 29.4 Å². The molecule has 2 aromatic rings. The number of ether oxygens (including phenoxy) is 1. The van der Waals surface area contributed by atoms with Crippen LogP contribution in [0.1, 0.15) is 30.9 Å². The Morgan fingerprint density at radius 1 is 1.19 bits per heavy atom. The van der Waals surface area contributed by atoms with Crippen LogP contribution < -0.4 is 15.4 Å². The van der Waals surface area contributed by atoms with Crippen molar-refractivity contribution in [1.29, 1.82) is 0 Å². The van der Waals surface area contributed by atoms with Gasteiger partial charge in [0.2, 0.25) is 5.88 Å². The van der Waals surface area contributed by atoms with E-state index in [1.807, 2.05) is 19.1 Å². The number of nitrogens with one attached hydrogen (secondary N) is 2. The van der Waals surface area contributed by atoms with Gasteiger partial charge in [-0.3, -0.25) is 4.99 Å². The molecule has 0 radical (unpaired) electrons. The predicted octanol–water partition coefficient (Wildman–Crippen LogP) is 3.50. The highest BCUT2D eigenvalue weighted by atomic mass is 127. The van der Waals surface area contributed by atoms with Gasteiger partial charge < -0.3 is 15.4 Å². The number of aliphatic imine (C=N–C) groups is 1. The van der Waals surface area contributed by atoms with Gasteiger partial charge in [-0.25, -0.2) is 4.98 Å². The second-order valence-electron chi connectivity index (χ2n) is 6.36. The number of nitrogens with zero attached hydrogens (tertiary/aromatic N) is 2. The van der Waals surface area contributed by atoms with E-state index >= 15 is 0 Å². The summed E-state index contributed by atoms with van der Waals surface area (Å²) >= 11 is 0. The van der Waals surface area contributed by atoms with E-state index in [1.54, 1.807) is 13.2 Å². The molecule has 1 heterocycles. The summed E-state index contributed by atoms with van der Waals surface area (Å²) in [6.07, 6.45) is 4.22. The molecule has 0 amide bonds.